The summed E-state index contributed by atoms with van der Waals surface area (Å²) >= 11 is 0. The van der Waals surface area contributed by atoms with Gasteiger partial charge >= 0.3 is 13.7 Å². The smallest absolute Gasteiger partial charge is 0.432 e. The third-order valence-electron chi connectivity index (χ3n) is 2.01. The van der Waals surface area contributed by atoms with E-state index in [1.807, 2.05) is 0 Å². The van der Waals surface area contributed by atoms with Crippen LogP contribution in [0.3, 0.4) is 0 Å². The van der Waals surface area contributed by atoms with Crippen molar-refractivity contribution in [1.29, 1.82) is 0 Å². The summed E-state index contributed by atoms with van der Waals surface area (Å²) in [7, 11) is 0.942. The van der Waals surface area contributed by atoms with Crippen LogP contribution in [0.1, 0.15) is 12.8 Å². The van der Waals surface area contributed by atoms with Gasteiger partial charge in [0.1, 0.15) is 6.04 Å². The first-order valence-corrected chi connectivity index (χ1v) is 4.24. The molecule has 1 unspecified atom stereocenters. The zero-order valence-electron chi connectivity index (χ0n) is 8.13. The highest BCUT2D eigenvalue weighted by Gasteiger charge is 2.28. The van der Waals surface area contributed by atoms with E-state index in [1.165, 1.54) is 5.12 Å². The summed E-state index contributed by atoms with van der Waals surface area (Å²) in [5.74, 6) is 4.70. The average Bonchev–Trinajstić information content (AvgIpc) is 2.10. The van der Waals surface area contributed by atoms with Gasteiger partial charge in [-0.25, -0.2) is 5.01 Å². The molecule has 82 valence electrons. The van der Waals surface area contributed by atoms with Gasteiger partial charge in [0.05, 0.1) is 0 Å². The van der Waals surface area contributed by atoms with Crippen molar-refractivity contribution in [1.82, 2.24) is 10.1 Å². The van der Waals surface area contributed by atoms with Crippen LogP contribution in [0.25, 0.3) is 0 Å². The average molecular weight is 205 g/mol. The largest absolute Gasteiger partial charge is 0.480 e. The maximum Gasteiger partial charge on any atom is 0.432 e. The van der Waals surface area contributed by atoms with Crippen molar-refractivity contribution in [2.24, 2.45) is 5.84 Å². The number of hydrogen-bond donors (Lipinski definition) is 4. The maximum absolute atomic E-state index is 10.6. The zero-order valence-corrected chi connectivity index (χ0v) is 8.13. The van der Waals surface area contributed by atoms with Crippen LogP contribution in [0.4, 0.5) is 0 Å². The maximum atomic E-state index is 10.6. The number of carboxylic acid groups (broad SMARTS) is 1. The van der Waals surface area contributed by atoms with Gasteiger partial charge in [-0.15, -0.1) is 0 Å². The van der Waals surface area contributed by atoms with Crippen molar-refractivity contribution >= 4 is 13.7 Å². The summed E-state index contributed by atoms with van der Waals surface area (Å²) in [5.41, 5.74) is 0. The molecule has 0 spiro atoms. The molecular weight excluding hydrogens is 189 g/mol. The molecule has 1 aliphatic rings. The third kappa shape index (κ3) is 4.03. The summed E-state index contributed by atoms with van der Waals surface area (Å²) in [6.45, 7) is 0.736. The Morgan fingerprint density at radius 1 is 1.57 bits per heavy atom. The predicted octanol–water partition coefficient (Wildman–Crippen LogP) is -2.51. The van der Waals surface area contributed by atoms with Crippen LogP contribution in [0.2, 0.25) is 0 Å². The van der Waals surface area contributed by atoms with E-state index in [0.717, 1.165) is 13.0 Å². The number of rotatable bonds is 1. The van der Waals surface area contributed by atoms with E-state index in [2.05, 4.69) is 0 Å². The van der Waals surface area contributed by atoms with Crippen molar-refractivity contribution in [3.05, 3.63) is 0 Å². The molecule has 0 aromatic rings. The Labute approximate surface area is 83.0 Å². The lowest BCUT2D eigenvalue weighted by Gasteiger charge is -2.36. The summed E-state index contributed by atoms with van der Waals surface area (Å²) in [5, 5.41) is 26.0. The highest BCUT2D eigenvalue weighted by atomic mass is 16.4. The van der Waals surface area contributed by atoms with Crippen molar-refractivity contribution in [2.45, 2.75) is 18.9 Å². The molecule has 1 aliphatic heterocycles. The van der Waals surface area contributed by atoms with E-state index in [4.69, 9.17) is 21.0 Å². The first-order valence-electron chi connectivity index (χ1n) is 4.24. The highest BCUT2D eigenvalue weighted by molar-refractivity contribution is 6.13. The van der Waals surface area contributed by atoms with Crippen LogP contribution < -0.4 is 5.84 Å². The Bertz CT molecular complexity index is 182. The van der Waals surface area contributed by atoms with Gasteiger partial charge in [0.25, 0.3) is 0 Å². The highest BCUT2D eigenvalue weighted by Crippen LogP contribution is 2.12. The summed E-state index contributed by atoms with van der Waals surface area (Å²) in [6, 6.07) is -0.450. The second-order valence-electron chi connectivity index (χ2n) is 2.87. The Morgan fingerprint density at radius 3 is 2.43 bits per heavy atom. The van der Waals surface area contributed by atoms with Crippen molar-refractivity contribution < 1.29 is 19.9 Å². The Balaban J connectivity index is 0.000000500. The van der Waals surface area contributed by atoms with Crippen LogP contribution in [0.15, 0.2) is 0 Å². The van der Waals surface area contributed by atoms with Crippen LogP contribution in [0.5, 0.6) is 0 Å². The summed E-state index contributed by atoms with van der Waals surface area (Å²) < 4.78 is 0. The molecule has 0 radical (unpaired) electrons. The minimum atomic E-state index is -0.803. The topological polar surface area (TPSA) is 110 Å². The lowest BCUT2D eigenvalue weighted by atomic mass is 10.1. The molecule has 1 rings (SSSR count). The third-order valence-corrected chi connectivity index (χ3v) is 2.01. The molecule has 5 N–H and O–H groups in total. The first kappa shape index (κ1) is 13.3. The first-order chi connectivity index (χ1) is 6.54. The van der Waals surface area contributed by atoms with Gasteiger partial charge in [0.2, 0.25) is 0 Å². The van der Waals surface area contributed by atoms with Crippen molar-refractivity contribution in [3.8, 4) is 0 Å². The molecule has 0 amide bonds. The van der Waals surface area contributed by atoms with Gasteiger partial charge in [-0.3, -0.25) is 10.6 Å². The summed E-state index contributed by atoms with van der Waals surface area (Å²) in [4.78, 5) is 10.6. The van der Waals surface area contributed by atoms with Gasteiger partial charge in [-0.2, -0.15) is 5.12 Å². The molecule has 1 heterocycles. The fraction of sp³-hybridized carbons (Fsp3) is 0.833. The molecule has 0 aromatic carbocycles. The van der Waals surface area contributed by atoms with Gasteiger partial charge in [-0.05, 0) is 12.8 Å². The quantitative estimate of drug-likeness (QED) is 0.276. The summed E-state index contributed by atoms with van der Waals surface area (Å²) in [6.07, 6.45) is 1.53. The molecule has 7 nitrogen and oxygen atoms in total. The number of hydrazine groups is 2. The van der Waals surface area contributed by atoms with Crippen LogP contribution >= 0.6 is 0 Å². The molecule has 0 aromatic heterocycles. The predicted molar refractivity (Wildman–Crippen MR) is 50.9 cm³/mol. The lowest BCUT2D eigenvalue weighted by Crippen LogP contribution is -2.56. The number of aliphatic carboxylic acids is 1. The number of carboxylic acids is 1. The second-order valence-corrected chi connectivity index (χ2v) is 2.87. The standard InChI is InChI=1S/C6H13N3O2.BH3O2/c1-8-5(6(10)11)3-2-4-9(8)7;2-1-3/h5H,2-4,7H2,1H3,(H,10,11);1-3H. The molecule has 0 aliphatic carbocycles. The number of nitrogens with two attached hydrogens (primary N) is 1. The molecule has 0 bridgehead atoms. The number of hydrogen-bond acceptors (Lipinski definition) is 6. The van der Waals surface area contributed by atoms with Crippen LogP contribution in [-0.2, 0) is 4.79 Å². The van der Waals surface area contributed by atoms with Crippen molar-refractivity contribution in [2.75, 3.05) is 13.6 Å². The Morgan fingerprint density at radius 2 is 2.07 bits per heavy atom. The van der Waals surface area contributed by atoms with E-state index in [0.29, 0.717) is 6.42 Å². The molecule has 0 saturated carbocycles. The van der Waals surface area contributed by atoms with E-state index in [-0.39, 0.29) is 0 Å². The van der Waals surface area contributed by atoms with E-state index < -0.39 is 19.7 Å². The molecule has 1 atom stereocenters. The normalized spacial score (nSPS) is 23.6. The molecule has 14 heavy (non-hydrogen) atoms. The Hall–Kier alpha value is -0.665. The van der Waals surface area contributed by atoms with Gasteiger partial charge < -0.3 is 15.2 Å². The number of carbonyl (C=O) groups is 1. The van der Waals surface area contributed by atoms with Crippen LogP contribution in [-0.4, -0.2) is 58.6 Å². The fourth-order valence-corrected chi connectivity index (χ4v) is 1.25. The zero-order chi connectivity index (χ0) is 11.1. The number of likely N-dealkylation sites (N-methyl/N-ethyl adjacent to an activating group) is 1. The van der Waals surface area contributed by atoms with Crippen LogP contribution in [0, 0.1) is 0 Å². The molecular formula is C6H16BN3O4. The number of nitrogens with zero attached hydrogens (tertiary/aromatic N) is 2. The monoisotopic (exact) mass is 205 g/mol. The molecule has 1 fully saturated rings. The Kier molecular flexibility index (Phi) is 6.42. The van der Waals surface area contributed by atoms with Gasteiger partial charge in [0.15, 0.2) is 0 Å². The van der Waals surface area contributed by atoms with Gasteiger partial charge in [0, 0.05) is 13.6 Å². The van der Waals surface area contributed by atoms with Crippen molar-refractivity contribution in [3.63, 3.8) is 0 Å². The molecule has 8 heteroatoms. The molecule has 1 saturated heterocycles. The minimum Gasteiger partial charge on any atom is -0.480 e. The van der Waals surface area contributed by atoms with E-state index >= 15 is 0 Å². The van der Waals surface area contributed by atoms with E-state index in [9.17, 15) is 4.79 Å². The van der Waals surface area contributed by atoms with E-state index in [1.54, 1.807) is 12.1 Å². The SMILES string of the molecule is CN1C(C(=O)O)CCCN1N.OBO. The fourth-order valence-electron chi connectivity index (χ4n) is 1.25. The lowest BCUT2D eigenvalue weighted by molar-refractivity contribution is -0.156. The minimum absolute atomic E-state index is 0.450. The second kappa shape index (κ2) is 6.74. The van der Waals surface area contributed by atoms with Gasteiger partial charge in [-0.1, -0.05) is 0 Å².